The van der Waals surface area contributed by atoms with E-state index in [0.717, 1.165) is 4.47 Å². The number of hydrogen-bond donors (Lipinski definition) is 0. The molecule has 1 aromatic carbocycles. The Morgan fingerprint density at radius 1 is 1.16 bits per heavy atom. The normalized spacial score (nSPS) is 16.6. The van der Waals surface area contributed by atoms with Crippen LogP contribution in [0.1, 0.15) is 12.8 Å². The average molecular weight is 428 g/mol. The van der Waals surface area contributed by atoms with Crippen LogP contribution in [-0.4, -0.2) is 49.0 Å². The number of benzene rings is 1. The summed E-state index contributed by atoms with van der Waals surface area (Å²) in [6, 6.07) is 8.57. The lowest BCUT2D eigenvalue weighted by Crippen LogP contribution is -2.41. The highest BCUT2D eigenvalue weighted by molar-refractivity contribution is 9.10. The SMILES string of the molecule is COc1nccc(OC2CCN(S(=O)(=O)c3ccc(Br)cc3)CC2)n1. The van der Waals surface area contributed by atoms with Gasteiger partial charge in [0.05, 0.1) is 12.0 Å². The number of nitrogens with zero attached hydrogens (tertiary/aromatic N) is 3. The maximum absolute atomic E-state index is 12.7. The van der Waals surface area contributed by atoms with Crippen molar-refractivity contribution in [3.05, 3.63) is 41.0 Å². The molecule has 1 aliphatic rings. The zero-order valence-corrected chi connectivity index (χ0v) is 16.0. The summed E-state index contributed by atoms with van der Waals surface area (Å²) in [6.07, 6.45) is 2.68. The van der Waals surface area contributed by atoms with E-state index >= 15 is 0 Å². The first-order valence-electron chi connectivity index (χ1n) is 7.78. The van der Waals surface area contributed by atoms with Crippen molar-refractivity contribution in [1.82, 2.24) is 14.3 Å². The van der Waals surface area contributed by atoms with Crippen LogP contribution in [0.4, 0.5) is 0 Å². The summed E-state index contributed by atoms with van der Waals surface area (Å²) >= 11 is 3.31. The van der Waals surface area contributed by atoms with E-state index in [1.165, 1.54) is 11.4 Å². The molecule has 0 aliphatic carbocycles. The number of methoxy groups -OCH3 is 1. The average Bonchev–Trinajstić information content (AvgIpc) is 2.63. The minimum Gasteiger partial charge on any atom is -0.474 e. The molecule has 0 amide bonds. The topological polar surface area (TPSA) is 81.6 Å². The molecule has 9 heteroatoms. The molecule has 7 nitrogen and oxygen atoms in total. The van der Waals surface area contributed by atoms with Crippen LogP contribution in [0.3, 0.4) is 0 Å². The molecule has 2 aromatic rings. The molecule has 0 bridgehead atoms. The quantitative estimate of drug-likeness (QED) is 0.728. The molecule has 25 heavy (non-hydrogen) atoms. The van der Waals surface area contributed by atoms with Gasteiger partial charge in [-0.2, -0.15) is 9.29 Å². The number of hydrogen-bond acceptors (Lipinski definition) is 6. The van der Waals surface area contributed by atoms with E-state index in [-0.39, 0.29) is 12.1 Å². The van der Waals surface area contributed by atoms with Crippen LogP contribution in [0.2, 0.25) is 0 Å². The van der Waals surface area contributed by atoms with Gasteiger partial charge in [0.25, 0.3) is 0 Å². The zero-order chi connectivity index (χ0) is 17.9. The first kappa shape index (κ1) is 18.1. The minimum atomic E-state index is -3.47. The van der Waals surface area contributed by atoms with Crippen molar-refractivity contribution in [2.24, 2.45) is 0 Å². The molecular formula is C16H18BrN3O4S. The van der Waals surface area contributed by atoms with Gasteiger partial charge in [0.2, 0.25) is 15.9 Å². The van der Waals surface area contributed by atoms with Crippen molar-refractivity contribution >= 4 is 26.0 Å². The van der Waals surface area contributed by atoms with Crippen LogP contribution in [0.15, 0.2) is 45.9 Å². The van der Waals surface area contributed by atoms with E-state index in [0.29, 0.717) is 36.7 Å². The fourth-order valence-electron chi connectivity index (χ4n) is 2.61. The number of piperidine rings is 1. The van der Waals surface area contributed by atoms with Crippen LogP contribution < -0.4 is 9.47 Å². The van der Waals surface area contributed by atoms with Crippen LogP contribution >= 0.6 is 15.9 Å². The Hall–Kier alpha value is -1.71. The first-order valence-corrected chi connectivity index (χ1v) is 10.0. The molecule has 0 spiro atoms. The van der Waals surface area contributed by atoms with E-state index in [4.69, 9.17) is 9.47 Å². The fourth-order valence-corrected chi connectivity index (χ4v) is 4.34. The van der Waals surface area contributed by atoms with E-state index in [2.05, 4.69) is 25.9 Å². The number of rotatable bonds is 5. The molecule has 0 radical (unpaired) electrons. The molecule has 134 valence electrons. The predicted molar refractivity (Wildman–Crippen MR) is 95.1 cm³/mol. The molecular weight excluding hydrogens is 410 g/mol. The minimum absolute atomic E-state index is 0.0871. The van der Waals surface area contributed by atoms with Gasteiger partial charge in [-0.15, -0.1) is 0 Å². The third kappa shape index (κ3) is 4.28. The Morgan fingerprint density at radius 3 is 2.48 bits per heavy atom. The van der Waals surface area contributed by atoms with Gasteiger partial charge < -0.3 is 9.47 Å². The van der Waals surface area contributed by atoms with Gasteiger partial charge in [0, 0.05) is 29.8 Å². The summed E-state index contributed by atoms with van der Waals surface area (Å²) in [5.74, 6) is 0.432. The number of halogens is 1. The molecule has 1 aromatic heterocycles. The van der Waals surface area contributed by atoms with Crippen LogP contribution in [0.25, 0.3) is 0 Å². The highest BCUT2D eigenvalue weighted by atomic mass is 79.9. The smallest absolute Gasteiger partial charge is 0.319 e. The van der Waals surface area contributed by atoms with Gasteiger partial charge in [-0.25, -0.2) is 13.4 Å². The monoisotopic (exact) mass is 427 g/mol. The third-order valence-electron chi connectivity index (χ3n) is 3.93. The highest BCUT2D eigenvalue weighted by Gasteiger charge is 2.30. The summed E-state index contributed by atoms with van der Waals surface area (Å²) in [5.41, 5.74) is 0. The van der Waals surface area contributed by atoms with Gasteiger partial charge >= 0.3 is 6.01 Å². The van der Waals surface area contributed by atoms with Crippen molar-refractivity contribution in [3.63, 3.8) is 0 Å². The van der Waals surface area contributed by atoms with E-state index in [1.54, 1.807) is 36.5 Å². The lowest BCUT2D eigenvalue weighted by molar-refractivity contribution is 0.128. The molecule has 1 aliphatic heterocycles. The molecule has 0 atom stereocenters. The second-order valence-corrected chi connectivity index (χ2v) is 8.41. The second-order valence-electron chi connectivity index (χ2n) is 5.56. The summed E-state index contributed by atoms with van der Waals surface area (Å²) < 4.78 is 38.5. The molecule has 0 N–H and O–H groups in total. The predicted octanol–water partition coefficient (Wildman–Crippen LogP) is 2.48. The first-order chi connectivity index (χ1) is 12.0. The van der Waals surface area contributed by atoms with Gasteiger partial charge in [-0.3, -0.25) is 0 Å². The molecule has 0 unspecified atom stereocenters. The molecule has 3 rings (SSSR count). The van der Waals surface area contributed by atoms with Crippen LogP contribution in [0.5, 0.6) is 11.9 Å². The van der Waals surface area contributed by atoms with Crippen molar-refractivity contribution < 1.29 is 17.9 Å². The van der Waals surface area contributed by atoms with E-state index in [1.807, 2.05) is 0 Å². The Kier molecular flexibility index (Phi) is 5.55. The second kappa shape index (κ2) is 7.67. The lowest BCUT2D eigenvalue weighted by Gasteiger charge is -2.31. The van der Waals surface area contributed by atoms with Crippen LogP contribution in [0, 0.1) is 0 Å². The molecule has 1 fully saturated rings. The standard InChI is InChI=1S/C16H18BrN3O4S/c1-23-16-18-9-6-15(19-16)24-13-7-10-20(11-8-13)25(21,22)14-4-2-12(17)3-5-14/h2-6,9,13H,7-8,10-11H2,1H3. The Morgan fingerprint density at radius 2 is 1.84 bits per heavy atom. The summed E-state index contributed by atoms with van der Waals surface area (Å²) in [5, 5.41) is 0. The third-order valence-corrected chi connectivity index (χ3v) is 6.37. The highest BCUT2D eigenvalue weighted by Crippen LogP contribution is 2.24. The van der Waals surface area contributed by atoms with Gasteiger partial charge in [0.1, 0.15) is 6.10 Å². The van der Waals surface area contributed by atoms with Gasteiger partial charge in [0.15, 0.2) is 0 Å². The maximum Gasteiger partial charge on any atom is 0.319 e. The van der Waals surface area contributed by atoms with Crippen molar-refractivity contribution in [3.8, 4) is 11.9 Å². The lowest BCUT2D eigenvalue weighted by atomic mass is 10.1. The van der Waals surface area contributed by atoms with E-state index < -0.39 is 10.0 Å². The number of ether oxygens (including phenoxy) is 2. The summed E-state index contributed by atoms with van der Waals surface area (Å²) in [4.78, 5) is 8.35. The van der Waals surface area contributed by atoms with Crippen molar-refractivity contribution in [2.45, 2.75) is 23.8 Å². The largest absolute Gasteiger partial charge is 0.474 e. The Labute approximate surface area is 155 Å². The Bertz CT molecular complexity index is 822. The van der Waals surface area contributed by atoms with Gasteiger partial charge in [-0.05, 0) is 37.1 Å². The maximum atomic E-state index is 12.7. The summed E-state index contributed by atoms with van der Waals surface area (Å²) in [6.45, 7) is 0.816. The zero-order valence-electron chi connectivity index (χ0n) is 13.6. The van der Waals surface area contributed by atoms with Crippen LogP contribution in [-0.2, 0) is 10.0 Å². The number of sulfonamides is 1. The van der Waals surface area contributed by atoms with Crippen molar-refractivity contribution in [2.75, 3.05) is 20.2 Å². The van der Waals surface area contributed by atoms with Crippen molar-refractivity contribution in [1.29, 1.82) is 0 Å². The Balaban J connectivity index is 1.62. The van der Waals surface area contributed by atoms with Gasteiger partial charge in [-0.1, -0.05) is 15.9 Å². The molecule has 2 heterocycles. The molecule has 0 saturated carbocycles. The fraction of sp³-hybridized carbons (Fsp3) is 0.375. The summed E-state index contributed by atoms with van der Waals surface area (Å²) in [7, 11) is -1.98. The van der Waals surface area contributed by atoms with E-state index in [9.17, 15) is 8.42 Å². The number of aromatic nitrogens is 2. The molecule has 1 saturated heterocycles.